The number of carbonyl (C=O) groups is 1. The summed E-state index contributed by atoms with van der Waals surface area (Å²) in [6, 6.07) is 3.28. The highest BCUT2D eigenvalue weighted by atomic mass is 16.4. The van der Waals surface area contributed by atoms with Crippen molar-refractivity contribution in [3.63, 3.8) is 0 Å². The Hall–Kier alpha value is -1.29. The lowest BCUT2D eigenvalue weighted by atomic mass is 9.94. The number of likely N-dealkylation sites (tertiary alicyclic amines) is 1. The summed E-state index contributed by atoms with van der Waals surface area (Å²) >= 11 is 0. The second kappa shape index (κ2) is 5.36. The van der Waals surface area contributed by atoms with Crippen LogP contribution in [0.5, 0.6) is 0 Å². The Bertz CT molecular complexity index is 378. The van der Waals surface area contributed by atoms with E-state index in [9.17, 15) is 4.79 Å². The zero-order valence-electron chi connectivity index (χ0n) is 10.2. The topological polar surface area (TPSA) is 53.7 Å². The van der Waals surface area contributed by atoms with Crippen LogP contribution in [0.15, 0.2) is 16.5 Å². The van der Waals surface area contributed by atoms with Crippen LogP contribution in [0.1, 0.15) is 42.5 Å². The van der Waals surface area contributed by atoms with Crippen LogP contribution in [0.3, 0.4) is 0 Å². The molecule has 4 nitrogen and oxygen atoms in total. The number of hydrogen-bond acceptors (Lipinski definition) is 3. The van der Waals surface area contributed by atoms with Crippen molar-refractivity contribution in [3.05, 3.63) is 23.7 Å². The Morgan fingerprint density at radius 1 is 1.47 bits per heavy atom. The monoisotopic (exact) mass is 237 g/mol. The molecule has 0 spiro atoms. The number of carboxylic acids is 1. The molecule has 0 aromatic carbocycles. The molecule has 0 atom stereocenters. The smallest absolute Gasteiger partial charge is 0.371 e. The first-order valence-electron chi connectivity index (χ1n) is 6.23. The molecule has 1 N–H and O–H groups in total. The van der Waals surface area contributed by atoms with Crippen molar-refractivity contribution in [2.75, 3.05) is 13.1 Å². The number of carboxylic acid groups (broad SMARTS) is 1. The lowest BCUT2D eigenvalue weighted by Gasteiger charge is -2.30. The average Bonchev–Trinajstić information content (AvgIpc) is 2.79. The van der Waals surface area contributed by atoms with E-state index in [1.54, 1.807) is 6.07 Å². The molecular formula is C13H19NO3. The molecule has 1 aliphatic heterocycles. The lowest BCUT2D eigenvalue weighted by molar-refractivity contribution is 0.0657. The lowest BCUT2D eigenvalue weighted by Crippen LogP contribution is -2.32. The highest BCUT2D eigenvalue weighted by Crippen LogP contribution is 2.21. The Labute approximate surface area is 101 Å². The van der Waals surface area contributed by atoms with E-state index in [4.69, 9.17) is 9.52 Å². The van der Waals surface area contributed by atoms with Gasteiger partial charge in [-0.15, -0.1) is 0 Å². The predicted molar refractivity (Wildman–Crippen MR) is 64.0 cm³/mol. The molecule has 0 saturated carbocycles. The first-order valence-corrected chi connectivity index (χ1v) is 6.23. The molecule has 2 heterocycles. The van der Waals surface area contributed by atoms with Crippen molar-refractivity contribution in [2.45, 2.75) is 32.7 Å². The SMILES string of the molecule is CCC1CCN(Cc2ccc(C(=O)O)o2)CC1. The van der Waals surface area contributed by atoms with Gasteiger partial charge in [-0.3, -0.25) is 4.90 Å². The van der Waals surface area contributed by atoms with Crippen LogP contribution in [-0.2, 0) is 6.54 Å². The summed E-state index contributed by atoms with van der Waals surface area (Å²) in [5.74, 6) is 0.638. The van der Waals surface area contributed by atoms with E-state index in [1.165, 1.54) is 25.3 Å². The van der Waals surface area contributed by atoms with Crippen molar-refractivity contribution in [3.8, 4) is 0 Å². The van der Waals surface area contributed by atoms with Gasteiger partial charge < -0.3 is 9.52 Å². The number of rotatable bonds is 4. The van der Waals surface area contributed by atoms with E-state index in [0.29, 0.717) is 0 Å². The maximum atomic E-state index is 10.7. The largest absolute Gasteiger partial charge is 0.475 e. The van der Waals surface area contributed by atoms with Gasteiger partial charge in [-0.2, -0.15) is 0 Å². The van der Waals surface area contributed by atoms with Crippen LogP contribution in [0.4, 0.5) is 0 Å². The van der Waals surface area contributed by atoms with Crippen LogP contribution < -0.4 is 0 Å². The van der Waals surface area contributed by atoms with Gasteiger partial charge in [0.1, 0.15) is 5.76 Å². The van der Waals surface area contributed by atoms with E-state index in [-0.39, 0.29) is 5.76 Å². The van der Waals surface area contributed by atoms with Crippen molar-refractivity contribution >= 4 is 5.97 Å². The normalized spacial score (nSPS) is 18.4. The summed E-state index contributed by atoms with van der Waals surface area (Å²) in [5.41, 5.74) is 0. The minimum Gasteiger partial charge on any atom is -0.475 e. The third-order valence-electron chi connectivity index (χ3n) is 3.54. The summed E-state index contributed by atoms with van der Waals surface area (Å²) < 4.78 is 5.26. The van der Waals surface area contributed by atoms with E-state index < -0.39 is 5.97 Å². The van der Waals surface area contributed by atoms with Crippen molar-refractivity contribution in [2.24, 2.45) is 5.92 Å². The second-order valence-corrected chi connectivity index (χ2v) is 4.70. The second-order valence-electron chi connectivity index (χ2n) is 4.70. The fraction of sp³-hybridized carbons (Fsp3) is 0.615. The molecular weight excluding hydrogens is 218 g/mol. The third-order valence-corrected chi connectivity index (χ3v) is 3.54. The summed E-state index contributed by atoms with van der Waals surface area (Å²) in [6.45, 7) is 5.14. The number of hydrogen-bond donors (Lipinski definition) is 1. The van der Waals surface area contributed by atoms with Crippen molar-refractivity contribution in [1.29, 1.82) is 0 Å². The minimum absolute atomic E-state index is 0.0310. The van der Waals surface area contributed by atoms with Gasteiger partial charge >= 0.3 is 5.97 Å². The minimum atomic E-state index is -0.999. The van der Waals surface area contributed by atoms with Gasteiger partial charge in [0.2, 0.25) is 5.76 Å². The molecule has 0 radical (unpaired) electrons. The Morgan fingerprint density at radius 2 is 2.18 bits per heavy atom. The molecule has 1 saturated heterocycles. The highest BCUT2D eigenvalue weighted by Gasteiger charge is 2.19. The van der Waals surface area contributed by atoms with Crippen LogP contribution in [0.25, 0.3) is 0 Å². The third kappa shape index (κ3) is 3.09. The van der Waals surface area contributed by atoms with E-state index in [2.05, 4.69) is 11.8 Å². The van der Waals surface area contributed by atoms with Gasteiger partial charge in [0.15, 0.2) is 0 Å². The molecule has 4 heteroatoms. The van der Waals surface area contributed by atoms with Crippen LogP contribution in [0.2, 0.25) is 0 Å². The molecule has 0 unspecified atom stereocenters. The molecule has 1 aromatic heterocycles. The standard InChI is InChI=1S/C13H19NO3/c1-2-10-5-7-14(8-6-10)9-11-3-4-12(17-11)13(15)16/h3-4,10H,2,5-9H2,1H3,(H,15,16). The molecule has 0 bridgehead atoms. The van der Waals surface area contributed by atoms with Crippen molar-refractivity contribution in [1.82, 2.24) is 4.90 Å². The van der Waals surface area contributed by atoms with Gasteiger partial charge in [-0.25, -0.2) is 4.79 Å². The maximum absolute atomic E-state index is 10.7. The molecule has 94 valence electrons. The zero-order valence-corrected chi connectivity index (χ0v) is 10.2. The first-order chi connectivity index (χ1) is 8.19. The van der Waals surface area contributed by atoms with Gasteiger partial charge in [-0.05, 0) is 44.0 Å². The molecule has 1 aliphatic rings. The van der Waals surface area contributed by atoms with Gasteiger partial charge in [0.25, 0.3) is 0 Å². The molecule has 1 aromatic rings. The quantitative estimate of drug-likeness (QED) is 0.874. The Morgan fingerprint density at radius 3 is 2.71 bits per heavy atom. The van der Waals surface area contributed by atoms with Crippen LogP contribution in [-0.4, -0.2) is 29.1 Å². The number of piperidine rings is 1. The van der Waals surface area contributed by atoms with Gasteiger partial charge in [0.05, 0.1) is 6.54 Å². The molecule has 0 aliphatic carbocycles. The fourth-order valence-electron chi connectivity index (χ4n) is 2.35. The van der Waals surface area contributed by atoms with Gasteiger partial charge in [0, 0.05) is 0 Å². The summed E-state index contributed by atoms with van der Waals surface area (Å²) in [4.78, 5) is 13.0. The summed E-state index contributed by atoms with van der Waals surface area (Å²) in [7, 11) is 0. The van der Waals surface area contributed by atoms with Crippen LogP contribution >= 0.6 is 0 Å². The summed E-state index contributed by atoms with van der Waals surface area (Å²) in [5, 5.41) is 8.76. The first kappa shape index (κ1) is 12.2. The zero-order chi connectivity index (χ0) is 12.3. The highest BCUT2D eigenvalue weighted by molar-refractivity contribution is 5.84. The fourth-order valence-corrected chi connectivity index (χ4v) is 2.35. The predicted octanol–water partition coefficient (Wildman–Crippen LogP) is 2.60. The van der Waals surface area contributed by atoms with Crippen molar-refractivity contribution < 1.29 is 14.3 Å². The van der Waals surface area contributed by atoms with Gasteiger partial charge in [-0.1, -0.05) is 13.3 Å². The number of furan rings is 1. The Kier molecular flexibility index (Phi) is 3.84. The molecule has 0 amide bonds. The van der Waals surface area contributed by atoms with E-state index >= 15 is 0 Å². The van der Waals surface area contributed by atoms with E-state index in [0.717, 1.165) is 31.3 Å². The van der Waals surface area contributed by atoms with E-state index in [1.807, 2.05) is 0 Å². The maximum Gasteiger partial charge on any atom is 0.371 e. The number of aromatic carboxylic acids is 1. The molecule has 2 rings (SSSR count). The molecule has 17 heavy (non-hydrogen) atoms. The van der Waals surface area contributed by atoms with Crippen LogP contribution in [0, 0.1) is 5.92 Å². The Balaban J connectivity index is 1.86. The summed E-state index contributed by atoms with van der Waals surface area (Å²) in [6.07, 6.45) is 3.74. The molecule has 1 fully saturated rings. The number of nitrogens with zero attached hydrogens (tertiary/aromatic N) is 1. The average molecular weight is 237 g/mol.